The number of allylic oxidation sites excluding steroid dienone is 1. The Balaban J connectivity index is 1.23. The molecule has 1 aromatic rings. The van der Waals surface area contributed by atoms with Gasteiger partial charge in [-0.15, -0.1) is 5.10 Å². The van der Waals surface area contributed by atoms with Crippen molar-refractivity contribution in [1.82, 2.24) is 15.0 Å². The molecular formula is C46H65N3O11. The van der Waals surface area contributed by atoms with E-state index in [-0.39, 0.29) is 50.9 Å². The Morgan fingerprint density at radius 3 is 2.05 bits per heavy atom. The highest BCUT2D eigenvalue weighted by atomic mass is 16.7. The Kier molecular flexibility index (Phi) is 11.4. The van der Waals surface area contributed by atoms with Crippen LogP contribution in [0.5, 0.6) is 0 Å². The Bertz CT molecular complexity index is 1960. The number of hydrogen-bond donors (Lipinski definition) is 0. The number of carbonyl (C=O) groups is 6. The van der Waals surface area contributed by atoms with Crippen LogP contribution in [0.2, 0.25) is 0 Å². The van der Waals surface area contributed by atoms with Gasteiger partial charge in [0.05, 0.1) is 6.20 Å². The highest BCUT2D eigenvalue weighted by Crippen LogP contribution is 2.77. The van der Waals surface area contributed by atoms with Crippen molar-refractivity contribution in [3.05, 3.63) is 24.0 Å². The molecule has 1 saturated heterocycles. The van der Waals surface area contributed by atoms with Gasteiger partial charge in [-0.05, 0) is 111 Å². The molecule has 2 heterocycles. The zero-order valence-corrected chi connectivity index (χ0v) is 37.2. The predicted molar refractivity (Wildman–Crippen MR) is 216 cm³/mol. The summed E-state index contributed by atoms with van der Waals surface area (Å²) in [6, 6.07) is 0. The van der Waals surface area contributed by atoms with Crippen molar-refractivity contribution in [2.75, 3.05) is 6.61 Å². The number of aromatic nitrogens is 3. The molecule has 1 aliphatic heterocycles. The third-order valence-electron chi connectivity index (χ3n) is 17.2. The molecule has 0 unspecified atom stereocenters. The van der Waals surface area contributed by atoms with Crippen LogP contribution in [0.25, 0.3) is 0 Å². The molecule has 5 saturated carbocycles. The van der Waals surface area contributed by atoms with Gasteiger partial charge in [-0.3, -0.25) is 28.8 Å². The maximum atomic E-state index is 15.3. The molecule has 14 atom stereocenters. The third kappa shape index (κ3) is 6.85. The van der Waals surface area contributed by atoms with Gasteiger partial charge >= 0.3 is 23.9 Å². The van der Waals surface area contributed by atoms with Crippen LogP contribution in [-0.2, 0) is 47.7 Å². The summed E-state index contributed by atoms with van der Waals surface area (Å²) in [7, 11) is 0. The van der Waals surface area contributed by atoms with E-state index in [1.165, 1.54) is 24.7 Å². The molecule has 6 aliphatic rings. The van der Waals surface area contributed by atoms with Gasteiger partial charge in [-0.1, -0.05) is 52.0 Å². The van der Waals surface area contributed by atoms with Gasteiger partial charge in [0.15, 0.2) is 30.3 Å². The number of Topliss-reactive ketones (excluding diaryl/α,β-unsaturated/α-hetero) is 2. The molecule has 6 fully saturated rings. The van der Waals surface area contributed by atoms with Crippen molar-refractivity contribution in [2.24, 2.45) is 56.7 Å². The minimum Gasteiger partial charge on any atom is -0.463 e. The predicted octanol–water partition coefficient (Wildman–Crippen LogP) is 6.94. The Morgan fingerprint density at radius 1 is 0.767 bits per heavy atom. The molecule has 330 valence electrons. The van der Waals surface area contributed by atoms with E-state index in [4.69, 9.17) is 23.7 Å². The van der Waals surface area contributed by atoms with Crippen molar-refractivity contribution < 1.29 is 52.5 Å². The van der Waals surface area contributed by atoms with E-state index < -0.39 is 66.5 Å². The van der Waals surface area contributed by atoms with Crippen molar-refractivity contribution >= 4 is 35.4 Å². The van der Waals surface area contributed by atoms with Crippen LogP contribution < -0.4 is 0 Å². The van der Waals surface area contributed by atoms with Crippen molar-refractivity contribution in [3.63, 3.8) is 0 Å². The first-order chi connectivity index (χ1) is 28.0. The highest BCUT2D eigenvalue weighted by Gasteiger charge is 2.72. The lowest BCUT2D eigenvalue weighted by molar-refractivity contribution is -0.270. The quantitative estimate of drug-likeness (QED) is 0.108. The Morgan fingerprint density at radius 2 is 1.42 bits per heavy atom. The standard InChI is InChI=1S/C46H65N3O11/c1-24(2)29-14-19-46(21-20-44(10)30(36(29)46)12-13-34-43(9)17-16-35(54)42(7,8)33(43)15-18-45(34,44)11)40(55)31-22-49(48-47-31)41-39(59-28(6)53)38(58-27(5)52)37(57-26(4)51)32(60-41)23-56-25(3)50/h22,29-30,32-34,36-39,41H,1,12-21,23H2,2-11H3/t29-,30+,32+,33-,34+,36+,37+,38-,39-,41+,43-,44+,45+,46-/m0/s1. The van der Waals surface area contributed by atoms with E-state index in [1.807, 2.05) is 0 Å². The number of hydrogen-bond acceptors (Lipinski definition) is 13. The maximum absolute atomic E-state index is 15.3. The van der Waals surface area contributed by atoms with Gasteiger partial charge < -0.3 is 23.7 Å². The first-order valence-electron chi connectivity index (χ1n) is 22.0. The van der Waals surface area contributed by atoms with E-state index in [1.54, 1.807) is 0 Å². The fourth-order valence-electron chi connectivity index (χ4n) is 14.5. The lowest BCUT2D eigenvalue weighted by atomic mass is 9.32. The van der Waals surface area contributed by atoms with Crippen LogP contribution in [0.1, 0.15) is 150 Å². The minimum absolute atomic E-state index is 0.0338. The summed E-state index contributed by atoms with van der Waals surface area (Å²) in [6.07, 6.45) is 3.78. The molecule has 0 radical (unpaired) electrons. The SMILES string of the molecule is C=C(C)[C@@H]1CC[C@]2(C(=O)c3cn([C@@H]4O[C@H](COC(C)=O)[C@@H](OC(C)=O)[C@H](OC(C)=O)[C@@H]4OC(C)=O)nn3)CC[C@]3(C)[C@H](CC[C@@H]4[C@@]5(C)CCC(=O)C(C)(C)[C@@H]5CC[C@]43C)[C@@H]12. The first kappa shape index (κ1) is 44.1. The van der Waals surface area contributed by atoms with Gasteiger partial charge in [0, 0.05) is 44.9 Å². The maximum Gasteiger partial charge on any atom is 0.303 e. The number of rotatable bonds is 9. The van der Waals surface area contributed by atoms with Crippen LogP contribution in [0, 0.1) is 56.7 Å². The lowest BCUT2D eigenvalue weighted by Crippen LogP contribution is -2.66. The van der Waals surface area contributed by atoms with Crippen molar-refractivity contribution in [1.29, 1.82) is 0 Å². The van der Waals surface area contributed by atoms with E-state index in [0.717, 1.165) is 64.4 Å². The molecule has 0 aromatic carbocycles. The van der Waals surface area contributed by atoms with Crippen LogP contribution in [0.3, 0.4) is 0 Å². The summed E-state index contributed by atoms with van der Waals surface area (Å²) in [5.74, 6) is -1.23. The van der Waals surface area contributed by atoms with Gasteiger partial charge in [0.25, 0.3) is 0 Å². The molecule has 0 bridgehead atoms. The van der Waals surface area contributed by atoms with E-state index in [2.05, 4.69) is 58.4 Å². The van der Waals surface area contributed by atoms with Crippen LogP contribution >= 0.6 is 0 Å². The normalized spacial score (nSPS) is 41.7. The minimum atomic E-state index is -1.39. The fourth-order valence-corrected chi connectivity index (χ4v) is 14.5. The Hall–Kier alpha value is -3.94. The molecule has 1 aromatic heterocycles. The van der Waals surface area contributed by atoms with Crippen LogP contribution in [-0.4, -0.2) is 81.5 Å². The van der Waals surface area contributed by atoms with Crippen molar-refractivity contribution in [2.45, 2.75) is 164 Å². The second-order valence-electron chi connectivity index (χ2n) is 20.5. The largest absolute Gasteiger partial charge is 0.463 e. The van der Waals surface area contributed by atoms with E-state index in [0.29, 0.717) is 36.9 Å². The molecule has 14 nitrogen and oxygen atoms in total. The highest BCUT2D eigenvalue weighted by molar-refractivity contribution is 5.99. The molecule has 7 rings (SSSR count). The molecular weight excluding hydrogens is 771 g/mol. The third-order valence-corrected chi connectivity index (χ3v) is 17.2. The lowest BCUT2D eigenvalue weighted by Gasteiger charge is -2.72. The fraction of sp³-hybridized carbons (Fsp3) is 0.783. The number of nitrogens with zero attached hydrogens (tertiary/aromatic N) is 3. The second kappa shape index (κ2) is 15.4. The average molecular weight is 836 g/mol. The van der Waals surface area contributed by atoms with E-state index >= 15 is 4.79 Å². The summed E-state index contributed by atoms with van der Waals surface area (Å²) in [5.41, 5.74) is 0.265. The molecule has 60 heavy (non-hydrogen) atoms. The van der Waals surface area contributed by atoms with Gasteiger partial charge in [0.1, 0.15) is 24.2 Å². The number of esters is 4. The number of fused-ring (bicyclic) bond motifs is 7. The number of carbonyl (C=O) groups excluding carboxylic acids is 6. The monoisotopic (exact) mass is 835 g/mol. The number of ether oxygens (including phenoxy) is 5. The zero-order chi connectivity index (χ0) is 43.9. The molecule has 0 N–H and O–H groups in total. The van der Waals surface area contributed by atoms with Gasteiger partial charge in [0.2, 0.25) is 0 Å². The number of ketones is 2. The zero-order valence-electron chi connectivity index (χ0n) is 37.2. The van der Waals surface area contributed by atoms with E-state index in [9.17, 15) is 24.0 Å². The summed E-state index contributed by atoms with van der Waals surface area (Å²) in [6.45, 7) is 22.8. The first-order valence-corrected chi connectivity index (χ1v) is 22.0. The van der Waals surface area contributed by atoms with Crippen LogP contribution in [0.15, 0.2) is 18.3 Å². The van der Waals surface area contributed by atoms with Gasteiger partial charge in [-0.25, -0.2) is 4.68 Å². The molecule has 0 amide bonds. The molecule has 5 aliphatic carbocycles. The summed E-state index contributed by atoms with van der Waals surface area (Å²) >= 11 is 0. The van der Waals surface area contributed by atoms with Crippen LogP contribution in [0.4, 0.5) is 0 Å². The average Bonchev–Trinajstić information content (AvgIpc) is 3.80. The summed E-state index contributed by atoms with van der Waals surface area (Å²) in [4.78, 5) is 77.8. The molecule has 14 heteroatoms. The summed E-state index contributed by atoms with van der Waals surface area (Å²) in [5, 5.41) is 8.81. The Labute approximate surface area is 353 Å². The smallest absolute Gasteiger partial charge is 0.303 e. The van der Waals surface area contributed by atoms with Gasteiger partial charge in [-0.2, -0.15) is 0 Å². The topological polar surface area (TPSA) is 179 Å². The summed E-state index contributed by atoms with van der Waals surface area (Å²) < 4.78 is 29.7. The molecule has 0 spiro atoms. The second-order valence-corrected chi connectivity index (χ2v) is 20.5. The van der Waals surface area contributed by atoms with Crippen molar-refractivity contribution in [3.8, 4) is 0 Å².